The molecule has 1 heterocycles. The molecule has 0 aliphatic carbocycles. The van der Waals surface area contributed by atoms with Crippen molar-refractivity contribution in [1.29, 1.82) is 0 Å². The van der Waals surface area contributed by atoms with E-state index < -0.39 is 0 Å². The molecule has 0 N–H and O–H groups in total. The van der Waals surface area contributed by atoms with Gasteiger partial charge in [0, 0.05) is 19.3 Å². The van der Waals surface area contributed by atoms with E-state index in [0.717, 1.165) is 17.3 Å². The van der Waals surface area contributed by atoms with E-state index in [9.17, 15) is 4.79 Å². The summed E-state index contributed by atoms with van der Waals surface area (Å²) in [7, 11) is 3.00. The lowest BCUT2D eigenvalue weighted by Crippen LogP contribution is -2.25. The van der Waals surface area contributed by atoms with Gasteiger partial charge in [0.25, 0.3) is 5.91 Å². The predicted molar refractivity (Wildman–Crippen MR) is 51.7 cm³/mol. The van der Waals surface area contributed by atoms with Crippen molar-refractivity contribution < 1.29 is 9.63 Å². The van der Waals surface area contributed by atoms with Gasteiger partial charge in [-0.05, 0) is 19.9 Å². The lowest BCUT2D eigenvalue weighted by Gasteiger charge is -2.10. The highest BCUT2D eigenvalue weighted by molar-refractivity contribution is 5.91. The van der Waals surface area contributed by atoms with Crippen LogP contribution in [-0.2, 0) is 11.4 Å². The van der Waals surface area contributed by atoms with E-state index in [1.807, 2.05) is 13.8 Å². The number of hydrogen-bond donors (Lipinski definition) is 0. The molecule has 0 fully saturated rings. The Morgan fingerprint density at radius 1 is 1.71 bits per heavy atom. The maximum absolute atomic E-state index is 11.6. The Morgan fingerprint density at radius 3 is 2.79 bits per heavy atom. The molecule has 0 aliphatic heterocycles. The van der Waals surface area contributed by atoms with Gasteiger partial charge in [-0.25, -0.2) is 5.06 Å². The van der Waals surface area contributed by atoms with Crippen LogP contribution in [0.2, 0.25) is 0 Å². The second-order valence-corrected chi connectivity index (χ2v) is 2.97. The van der Waals surface area contributed by atoms with Gasteiger partial charge in [0.05, 0.1) is 7.11 Å². The molecule has 5 heteroatoms. The number of hydrogen-bond acceptors (Lipinski definition) is 3. The van der Waals surface area contributed by atoms with Crippen molar-refractivity contribution in [3.05, 3.63) is 17.5 Å². The quantitative estimate of drug-likeness (QED) is 0.675. The first-order valence-corrected chi connectivity index (χ1v) is 4.46. The highest BCUT2D eigenvalue weighted by Crippen LogP contribution is 2.05. The van der Waals surface area contributed by atoms with E-state index in [2.05, 4.69) is 5.10 Å². The molecule has 0 atom stereocenters. The number of rotatable bonds is 3. The molecule has 1 aromatic rings. The van der Waals surface area contributed by atoms with Gasteiger partial charge < -0.3 is 0 Å². The van der Waals surface area contributed by atoms with Gasteiger partial charge in [-0.3, -0.25) is 14.3 Å². The van der Waals surface area contributed by atoms with E-state index in [1.54, 1.807) is 17.8 Å². The summed E-state index contributed by atoms with van der Waals surface area (Å²) in [5.74, 6) is -0.234. The molecular formula is C9H15N3O2. The van der Waals surface area contributed by atoms with E-state index >= 15 is 0 Å². The minimum Gasteiger partial charge on any atom is -0.274 e. The van der Waals surface area contributed by atoms with E-state index in [0.29, 0.717) is 5.69 Å². The molecule has 0 aliphatic rings. The highest BCUT2D eigenvalue weighted by atomic mass is 16.7. The van der Waals surface area contributed by atoms with Crippen molar-refractivity contribution >= 4 is 5.91 Å². The summed E-state index contributed by atoms with van der Waals surface area (Å²) in [6.45, 7) is 4.66. The summed E-state index contributed by atoms with van der Waals surface area (Å²) >= 11 is 0. The van der Waals surface area contributed by atoms with Crippen LogP contribution in [0.5, 0.6) is 0 Å². The monoisotopic (exact) mass is 197 g/mol. The Morgan fingerprint density at radius 2 is 2.36 bits per heavy atom. The Labute approximate surface area is 83.2 Å². The third kappa shape index (κ3) is 1.93. The molecule has 0 saturated heterocycles. The first kappa shape index (κ1) is 10.7. The molecule has 0 bridgehead atoms. The Hall–Kier alpha value is -1.36. The minimum absolute atomic E-state index is 0.234. The maximum Gasteiger partial charge on any atom is 0.297 e. The number of aryl methyl sites for hydroxylation is 2. The zero-order valence-electron chi connectivity index (χ0n) is 8.94. The first-order valence-electron chi connectivity index (χ1n) is 4.46. The molecule has 0 unspecified atom stereocenters. The number of carbonyl (C=O) groups excluding carboxylic acids is 1. The second-order valence-electron chi connectivity index (χ2n) is 2.97. The lowest BCUT2D eigenvalue weighted by molar-refractivity contribution is -0.0760. The van der Waals surface area contributed by atoms with Gasteiger partial charge in [-0.15, -0.1) is 0 Å². The summed E-state index contributed by atoms with van der Waals surface area (Å²) in [5.41, 5.74) is 1.38. The van der Waals surface area contributed by atoms with E-state index in [-0.39, 0.29) is 5.91 Å². The third-order valence-corrected chi connectivity index (χ3v) is 2.06. The summed E-state index contributed by atoms with van der Waals surface area (Å²) in [6, 6.07) is 1.75. The topological polar surface area (TPSA) is 47.4 Å². The van der Waals surface area contributed by atoms with Gasteiger partial charge in [0.2, 0.25) is 0 Å². The number of nitrogens with zero attached hydrogens (tertiary/aromatic N) is 3. The van der Waals surface area contributed by atoms with E-state index in [1.165, 1.54) is 7.11 Å². The summed E-state index contributed by atoms with van der Waals surface area (Å²) < 4.78 is 1.77. The Kier molecular flexibility index (Phi) is 3.24. The number of carbonyl (C=O) groups is 1. The van der Waals surface area contributed by atoms with Crippen molar-refractivity contribution in [2.24, 2.45) is 0 Å². The van der Waals surface area contributed by atoms with Crippen molar-refractivity contribution in [3.63, 3.8) is 0 Å². The summed E-state index contributed by atoms with van der Waals surface area (Å²) in [6.07, 6.45) is 0. The fourth-order valence-corrected chi connectivity index (χ4v) is 1.18. The Balaban J connectivity index is 2.91. The fourth-order valence-electron chi connectivity index (χ4n) is 1.18. The summed E-state index contributed by atoms with van der Waals surface area (Å²) in [4.78, 5) is 16.4. The van der Waals surface area contributed by atoms with Crippen LogP contribution in [0.15, 0.2) is 6.07 Å². The smallest absolute Gasteiger partial charge is 0.274 e. The van der Waals surface area contributed by atoms with Crippen molar-refractivity contribution in [2.75, 3.05) is 14.2 Å². The molecule has 78 valence electrons. The van der Waals surface area contributed by atoms with Crippen LogP contribution in [0.25, 0.3) is 0 Å². The summed E-state index contributed by atoms with van der Waals surface area (Å²) in [5, 5.41) is 5.30. The minimum atomic E-state index is -0.234. The molecule has 14 heavy (non-hydrogen) atoms. The molecule has 1 rings (SSSR count). The van der Waals surface area contributed by atoms with Crippen LogP contribution < -0.4 is 0 Å². The van der Waals surface area contributed by atoms with Crippen LogP contribution in [0.3, 0.4) is 0 Å². The number of amides is 1. The molecule has 5 nitrogen and oxygen atoms in total. The van der Waals surface area contributed by atoms with Crippen molar-refractivity contribution in [1.82, 2.24) is 14.8 Å². The van der Waals surface area contributed by atoms with Gasteiger partial charge >= 0.3 is 0 Å². The van der Waals surface area contributed by atoms with Crippen LogP contribution in [0.1, 0.15) is 23.1 Å². The number of aromatic nitrogens is 2. The largest absolute Gasteiger partial charge is 0.297 e. The predicted octanol–water partition coefficient (Wildman–Crippen LogP) is 0.845. The molecule has 0 saturated carbocycles. The van der Waals surface area contributed by atoms with Gasteiger partial charge in [-0.1, -0.05) is 0 Å². The highest BCUT2D eigenvalue weighted by Gasteiger charge is 2.15. The molecule has 0 radical (unpaired) electrons. The molecule has 0 spiro atoms. The molecule has 0 aromatic carbocycles. The SMILES string of the molecule is CCn1nc(C(=O)N(C)OC)cc1C. The number of hydroxylamine groups is 2. The Bertz CT molecular complexity index is 333. The standard InChI is InChI=1S/C9H15N3O2/c1-5-12-7(2)6-8(10-12)9(13)11(3)14-4/h6H,5H2,1-4H3. The van der Waals surface area contributed by atoms with Crippen molar-refractivity contribution in [2.45, 2.75) is 20.4 Å². The zero-order valence-corrected chi connectivity index (χ0v) is 8.94. The van der Waals surface area contributed by atoms with Crippen LogP contribution in [0, 0.1) is 6.92 Å². The average Bonchev–Trinajstić information content (AvgIpc) is 2.57. The van der Waals surface area contributed by atoms with Crippen molar-refractivity contribution in [3.8, 4) is 0 Å². The first-order chi connectivity index (χ1) is 6.60. The second kappa shape index (κ2) is 4.23. The normalized spacial score (nSPS) is 10.3. The van der Waals surface area contributed by atoms with Crippen LogP contribution in [-0.4, -0.2) is 34.9 Å². The molecular weight excluding hydrogens is 182 g/mol. The van der Waals surface area contributed by atoms with Crippen LogP contribution >= 0.6 is 0 Å². The van der Waals surface area contributed by atoms with Gasteiger partial charge in [-0.2, -0.15) is 5.10 Å². The molecule has 1 aromatic heterocycles. The molecule has 1 amide bonds. The van der Waals surface area contributed by atoms with Crippen LogP contribution in [0.4, 0.5) is 0 Å². The van der Waals surface area contributed by atoms with Gasteiger partial charge in [0.1, 0.15) is 0 Å². The lowest BCUT2D eigenvalue weighted by atomic mass is 10.3. The zero-order chi connectivity index (χ0) is 10.7. The van der Waals surface area contributed by atoms with Gasteiger partial charge in [0.15, 0.2) is 5.69 Å². The average molecular weight is 197 g/mol. The third-order valence-electron chi connectivity index (χ3n) is 2.06. The fraction of sp³-hybridized carbons (Fsp3) is 0.556. The maximum atomic E-state index is 11.6. The van der Waals surface area contributed by atoms with E-state index in [4.69, 9.17) is 4.84 Å².